The van der Waals surface area contributed by atoms with Gasteiger partial charge in [0.1, 0.15) is 6.10 Å². The number of amides is 1. The molecule has 6 nitrogen and oxygen atoms in total. The van der Waals surface area contributed by atoms with Gasteiger partial charge in [0, 0.05) is 12.9 Å². The molecule has 1 heterocycles. The van der Waals surface area contributed by atoms with Crippen LogP contribution in [0, 0.1) is 0 Å². The summed E-state index contributed by atoms with van der Waals surface area (Å²) in [6.45, 7) is 3.60. The van der Waals surface area contributed by atoms with Crippen molar-refractivity contribution in [3.8, 4) is 0 Å². The van der Waals surface area contributed by atoms with Gasteiger partial charge in [-0.2, -0.15) is 0 Å². The third-order valence-corrected chi connectivity index (χ3v) is 3.98. The third-order valence-electron chi connectivity index (χ3n) is 3.98. The minimum atomic E-state index is -1.50. The molecular weight excluding hydrogens is 307 g/mol. The van der Waals surface area contributed by atoms with Gasteiger partial charge in [0.25, 0.3) is 0 Å². The average molecular weight is 332 g/mol. The van der Waals surface area contributed by atoms with E-state index in [1.54, 1.807) is 0 Å². The lowest BCUT2D eigenvalue weighted by Gasteiger charge is -2.31. The standard InChI is InChI=1S/C17H25BN2O4/c1-2-10-20-11-6-9-15(13-20)24-17(21)19-16(12-18(22)23)14-7-4-3-5-8-14/h2-5,7-8,10,15-16,22-23H,6,9,11-13H2,1H3,(H,19,21)/t15-,16+/m0/s1. The van der Waals surface area contributed by atoms with E-state index in [0.29, 0.717) is 6.54 Å². The number of likely N-dealkylation sites (tertiary alicyclic amines) is 1. The average Bonchev–Trinajstić information content (AvgIpc) is 2.55. The smallest absolute Gasteiger partial charge is 0.444 e. The quantitative estimate of drug-likeness (QED) is 0.694. The topological polar surface area (TPSA) is 82.0 Å². The Labute approximate surface area is 143 Å². The molecule has 0 bridgehead atoms. The summed E-state index contributed by atoms with van der Waals surface area (Å²) >= 11 is 0. The first kappa shape index (κ1) is 18.4. The van der Waals surface area contributed by atoms with Gasteiger partial charge in [-0.15, -0.1) is 0 Å². The number of ether oxygens (including phenoxy) is 1. The number of nitrogens with one attached hydrogen (secondary N) is 1. The molecule has 0 spiro atoms. The predicted octanol–water partition coefficient (Wildman–Crippen LogP) is 1.92. The lowest BCUT2D eigenvalue weighted by atomic mass is 9.79. The molecule has 1 aromatic carbocycles. The van der Waals surface area contributed by atoms with Gasteiger partial charge in [-0.1, -0.05) is 36.4 Å². The number of hydrogen-bond acceptors (Lipinski definition) is 5. The Morgan fingerprint density at radius 1 is 1.46 bits per heavy atom. The van der Waals surface area contributed by atoms with Crippen LogP contribution in [0.15, 0.2) is 42.6 Å². The number of carbonyl (C=O) groups excluding carboxylic acids is 1. The minimum Gasteiger partial charge on any atom is -0.444 e. The maximum absolute atomic E-state index is 12.2. The number of benzene rings is 1. The number of piperidine rings is 1. The van der Waals surface area contributed by atoms with Gasteiger partial charge in [0.05, 0.1) is 12.6 Å². The van der Waals surface area contributed by atoms with E-state index < -0.39 is 19.3 Å². The van der Waals surface area contributed by atoms with Crippen LogP contribution < -0.4 is 5.32 Å². The van der Waals surface area contributed by atoms with Crippen LogP contribution >= 0.6 is 0 Å². The lowest BCUT2D eigenvalue weighted by molar-refractivity contribution is 0.0548. The van der Waals surface area contributed by atoms with Crippen molar-refractivity contribution >= 4 is 13.2 Å². The summed E-state index contributed by atoms with van der Waals surface area (Å²) in [5.41, 5.74) is 0.807. The zero-order valence-electron chi connectivity index (χ0n) is 14.0. The van der Waals surface area contributed by atoms with Gasteiger partial charge < -0.3 is 25.0 Å². The van der Waals surface area contributed by atoms with Gasteiger partial charge >= 0.3 is 13.2 Å². The summed E-state index contributed by atoms with van der Waals surface area (Å²) in [6.07, 6.45) is 5.09. The Morgan fingerprint density at radius 3 is 2.88 bits per heavy atom. The normalized spacial score (nSPS) is 19.1. The van der Waals surface area contributed by atoms with Crippen molar-refractivity contribution in [1.82, 2.24) is 10.2 Å². The van der Waals surface area contributed by atoms with Crippen LogP contribution in [0.3, 0.4) is 0 Å². The van der Waals surface area contributed by atoms with Crippen LogP contribution in [0.2, 0.25) is 6.32 Å². The van der Waals surface area contributed by atoms with Crippen molar-refractivity contribution in [3.63, 3.8) is 0 Å². The van der Waals surface area contributed by atoms with Crippen LogP contribution in [0.4, 0.5) is 4.79 Å². The number of allylic oxidation sites excluding steroid dienone is 1. The summed E-state index contributed by atoms with van der Waals surface area (Å²) in [5.74, 6) is 0. The number of rotatable bonds is 6. The molecule has 1 aliphatic rings. The summed E-state index contributed by atoms with van der Waals surface area (Å²) in [6, 6.07) is 8.72. The second-order valence-corrected chi connectivity index (χ2v) is 5.97. The van der Waals surface area contributed by atoms with Crippen LogP contribution in [0.5, 0.6) is 0 Å². The highest BCUT2D eigenvalue weighted by Gasteiger charge is 2.25. The van der Waals surface area contributed by atoms with Crippen LogP contribution in [0.1, 0.15) is 31.4 Å². The summed E-state index contributed by atoms with van der Waals surface area (Å²) in [7, 11) is -1.50. The van der Waals surface area contributed by atoms with Crippen molar-refractivity contribution in [3.05, 3.63) is 48.2 Å². The van der Waals surface area contributed by atoms with E-state index >= 15 is 0 Å². The molecule has 1 saturated heterocycles. The fraction of sp³-hybridized carbons (Fsp3) is 0.471. The molecule has 0 aliphatic carbocycles. The van der Waals surface area contributed by atoms with Gasteiger partial charge in [0.15, 0.2) is 0 Å². The van der Waals surface area contributed by atoms with Crippen molar-refractivity contribution in [1.29, 1.82) is 0 Å². The fourth-order valence-electron chi connectivity index (χ4n) is 2.91. The van der Waals surface area contributed by atoms with E-state index in [-0.39, 0.29) is 12.4 Å². The van der Waals surface area contributed by atoms with E-state index in [9.17, 15) is 14.8 Å². The van der Waals surface area contributed by atoms with Crippen LogP contribution in [0.25, 0.3) is 0 Å². The van der Waals surface area contributed by atoms with Crippen molar-refractivity contribution in [2.24, 2.45) is 0 Å². The first-order valence-corrected chi connectivity index (χ1v) is 8.33. The molecule has 0 radical (unpaired) electrons. The van der Waals surface area contributed by atoms with E-state index in [0.717, 1.165) is 24.9 Å². The van der Waals surface area contributed by atoms with Gasteiger partial charge in [-0.05, 0) is 31.5 Å². The molecule has 2 atom stereocenters. The highest BCUT2D eigenvalue weighted by molar-refractivity contribution is 6.41. The molecule has 3 N–H and O–H groups in total. The molecular formula is C17H25BN2O4. The largest absolute Gasteiger partial charge is 0.453 e. The Balaban J connectivity index is 1.92. The van der Waals surface area contributed by atoms with E-state index in [4.69, 9.17) is 4.74 Å². The zero-order valence-corrected chi connectivity index (χ0v) is 14.0. The SMILES string of the molecule is CC=CN1CCC[C@H](OC(=O)N[C@H](CB(O)O)c2ccccc2)C1. The Hall–Kier alpha value is -1.99. The van der Waals surface area contributed by atoms with Crippen LogP contribution in [-0.2, 0) is 4.74 Å². The highest BCUT2D eigenvalue weighted by atomic mass is 16.6. The van der Waals surface area contributed by atoms with E-state index in [2.05, 4.69) is 10.2 Å². The second kappa shape index (κ2) is 9.34. The van der Waals surface area contributed by atoms with Crippen molar-refractivity contribution < 1.29 is 19.6 Å². The van der Waals surface area contributed by atoms with Gasteiger partial charge in [-0.25, -0.2) is 4.79 Å². The first-order chi connectivity index (χ1) is 11.6. The lowest BCUT2D eigenvalue weighted by Crippen LogP contribution is -2.41. The highest BCUT2D eigenvalue weighted by Crippen LogP contribution is 2.19. The van der Waals surface area contributed by atoms with Crippen molar-refractivity contribution in [2.45, 2.75) is 38.2 Å². The number of carbonyl (C=O) groups is 1. The summed E-state index contributed by atoms with van der Waals surface area (Å²) in [4.78, 5) is 14.3. The van der Waals surface area contributed by atoms with Gasteiger partial charge in [0.2, 0.25) is 0 Å². The minimum absolute atomic E-state index is 0.00841. The molecule has 0 saturated carbocycles. The predicted molar refractivity (Wildman–Crippen MR) is 93.2 cm³/mol. The third kappa shape index (κ3) is 5.90. The monoisotopic (exact) mass is 332 g/mol. The Morgan fingerprint density at radius 2 is 2.21 bits per heavy atom. The number of hydrogen-bond donors (Lipinski definition) is 3. The maximum atomic E-state index is 12.2. The van der Waals surface area contributed by atoms with E-state index in [1.807, 2.05) is 49.5 Å². The van der Waals surface area contributed by atoms with Crippen LogP contribution in [-0.4, -0.2) is 47.4 Å². The summed E-state index contributed by atoms with van der Waals surface area (Å²) < 4.78 is 5.51. The molecule has 24 heavy (non-hydrogen) atoms. The number of nitrogens with zero attached hydrogens (tertiary/aromatic N) is 1. The first-order valence-electron chi connectivity index (χ1n) is 8.33. The molecule has 1 amide bonds. The number of alkyl carbamates (subject to hydrolysis) is 1. The molecule has 130 valence electrons. The second-order valence-electron chi connectivity index (χ2n) is 5.97. The Kier molecular flexibility index (Phi) is 7.15. The Bertz CT molecular complexity index is 539. The van der Waals surface area contributed by atoms with E-state index in [1.165, 1.54) is 0 Å². The molecule has 1 aromatic rings. The fourth-order valence-corrected chi connectivity index (χ4v) is 2.91. The van der Waals surface area contributed by atoms with Crippen molar-refractivity contribution in [2.75, 3.05) is 13.1 Å². The molecule has 2 rings (SSSR count). The molecule has 7 heteroatoms. The summed E-state index contributed by atoms with van der Waals surface area (Å²) in [5, 5.41) is 21.3. The molecule has 0 unspecified atom stereocenters. The zero-order chi connectivity index (χ0) is 17.4. The molecule has 1 fully saturated rings. The van der Waals surface area contributed by atoms with Gasteiger partial charge in [-0.3, -0.25) is 0 Å². The molecule has 0 aromatic heterocycles. The molecule has 1 aliphatic heterocycles. The maximum Gasteiger partial charge on any atom is 0.453 e.